The van der Waals surface area contributed by atoms with Crippen LogP contribution in [0.2, 0.25) is 0 Å². The summed E-state index contributed by atoms with van der Waals surface area (Å²) >= 11 is 0. The molecule has 72 valence electrons. The van der Waals surface area contributed by atoms with Crippen molar-refractivity contribution in [1.82, 2.24) is 0 Å². The lowest BCUT2D eigenvalue weighted by atomic mass is 10.1. The van der Waals surface area contributed by atoms with Gasteiger partial charge in [-0.15, -0.1) is 0 Å². The Hall–Kier alpha value is -0.0800. The van der Waals surface area contributed by atoms with Gasteiger partial charge in [0.1, 0.15) is 0 Å². The van der Waals surface area contributed by atoms with E-state index in [1.165, 1.54) is 28.2 Å². The van der Waals surface area contributed by atoms with E-state index in [9.17, 15) is 0 Å². The van der Waals surface area contributed by atoms with Crippen LogP contribution in [0.1, 0.15) is 24.5 Å². The van der Waals surface area contributed by atoms with E-state index in [1.807, 2.05) is 21.6 Å². The van der Waals surface area contributed by atoms with Gasteiger partial charge >= 0.3 is 0 Å². The molecule has 0 bridgehead atoms. The molecule has 0 amide bonds. The van der Waals surface area contributed by atoms with E-state index in [2.05, 4.69) is 39.0 Å². The average molecular weight is 212 g/mol. The number of aryl methyl sites for hydroxylation is 2. The SMILES string of the molecule is CCCSSc1ccc(C)c(C)c1. The largest absolute Gasteiger partial charge is 0.0890 e. The molecule has 0 aliphatic heterocycles. The lowest BCUT2D eigenvalue weighted by Crippen LogP contribution is -1.80. The van der Waals surface area contributed by atoms with Crippen LogP contribution in [0.5, 0.6) is 0 Å². The summed E-state index contributed by atoms with van der Waals surface area (Å²) in [5, 5.41) is 0. The molecule has 0 N–H and O–H groups in total. The highest BCUT2D eigenvalue weighted by atomic mass is 33.1. The zero-order valence-electron chi connectivity index (χ0n) is 8.46. The Morgan fingerprint density at radius 2 is 1.92 bits per heavy atom. The minimum atomic E-state index is 1.23. The smallest absolute Gasteiger partial charge is 0.0185 e. The third kappa shape index (κ3) is 3.65. The van der Waals surface area contributed by atoms with E-state index in [4.69, 9.17) is 0 Å². The Labute approximate surface area is 88.9 Å². The molecule has 0 saturated heterocycles. The standard InChI is InChI=1S/C11H16S2/c1-4-7-12-13-11-6-5-9(2)10(3)8-11/h5-6,8H,4,7H2,1-3H3. The second-order valence-corrected chi connectivity index (χ2v) is 5.64. The Morgan fingerprint density at radius 1 is 1.15 bits per heavy atom. The highest BCUT2D eigenvalue weighted by Gasteiger charge is 1.96. The van der Waals surface area contributed by atoms with Gasteiger partial charge in [-0.25, -0.2) is 0 Å². The van der Waals surface area contributed by atoms with E-state index >= 15 is 0 Å². The molecule has 0 heterocycles. The van der Waals surface area contributed by atoms with Gasteiger partial charge in [-0.3, -0.25) is 0 Å². The van der Waals surface area contributed by atoms with Crippen molar-refractivity contribution in [1.29, 1.82) is 0 Å². The van der Waals surface area contributed by atoms with Crippen LogP contribution in [0, 0.1) is 13.8 Å². The van der Waals surface area contributed by atoms with Crippen molar-refractivity contribution in [3.05, 3.63) is 29.3 Å². The van der Waals surface area contributed by atoms with Crippen molar-refractivity contribution in [2.75, 3.05) is 5.75 Å². The van der Waals surface area contributed by atoms with Crippen LogP contribution in [-0.4, -0.2) is 5.75 Å². The van der Waals surface area contributed by atoms with Gasteiger partial charge in [0.05, 0.1) is 0 Å². The third-order valence-electron chi connectivity index (χ3n) is 1.92. The van der Waals surface area contributed by atoms with E-state index in [0.29, 0.717) is 0 Å². The molecule has 0 atom stereocenters. The van der Waals surface area contributed by atoms with Crippen LogP contribution in [0.4, 0.5) is 0 Å². The summed E-state index contributed by atoms with van der Waals surface area (Å²) in [6.45, 7) is 6.54. The lowest BCUT2D eigenvalue weighted by Gasteiger charge is -2.03. The van der Waals surface area contributed by atoms with E-state index in [0.717, 1.165) is 0 Å². The van der Waals surface area contributed by atoms with Gasteiger partial charge in [-0.05, 0) is 43.5 Å². The van der Waals surface area contributed by atoms with Crippen LogP contribution >= 0.6 is 21.6 Å². The Kier molecular flexibility index (Phi) is 4.74. The van der Waals surface area contributed by atoms with E-state index in [-0.39, 0.29) is 0 Å². The molecule has 0 unspecified atom stereocenters. The molecular weight excluding hydrogens is 196 g/mol. The van der Waals surface area contributed by atoms with Gasteiger partial charge in [0, 0.05) is 10.6 Å². The minimum Gasteiger partial charge on any atom is -0.0890 e. The van der Waals surface area contributed by atoms with Gasteiger partial charge in [-0.1, -0.05) is 34.6 Å². The fourth-order valence-electron chi connectivity index (χ4n) is 0.959. The van der Waals surface area contributed by atoms with E-state index in [1.54, 1.807) is 0 Å². The molecule has 13 heavy (non-hydrogen) atoms. The Bertz CT molecular complexity index is 269. The lowest BCUT2D eigenvalue weighted by molar-refractivity contribution is 1.11. The summed E-state index contributed by atoms with van der Waals surface area (Å²) in [5.74, 6) is 1.23. The van der Waals surface area contributed by atoms with Crippen molar-refractivity contribution >= 4 is 21.6 Å². The van der Waals surface area contributed by atoms with E-state index < -0.39 is 0 Å². The van der Waals surface area contributed by atoms with Crippen LogP contribution < -0.4 is 0 Å². The summed E-state index contributed by atoms with van der Waals surface area (Å²) in [6.07, 6.45) is 1.25. The summed E-state index contributed by atoms with van der Waals surface area (Å²) in [7, 11) is 3.82. The number of rotatable bonds is 4. The third-order valence-corrected chi connectivity index (χ3v) is 4.49. The van der Waals surface area contributed by atoms with Crippen LogP contribution in [0.25, 0.3) is 0 Å². The molecule has 0 spiro atoms. The first kappa shape index (κ1) is 11.0. The Morgan fingerprint density at radius 3 is 2.54 bits per heavy atom. The Balaban J connectivity index is 2.53. The second-order valence-electron chi connectivity index (χ2n) is 3.15. The van der Waals surface area contributed by atoms with Crippen molar-refractivity contribution in [2.24, 2.45) is 0 Å². The van der Waals surface area contributed by atoms with Crippen LogP contribution in [0.3, 0.4) is 0 Å². The first-order chi connectivity index (χ1) is 6.24. The van der Waals surface area contributed by atoms with Crippen molar-refractivity contribution < 1.29 is 0 Å². The van der Waals surface area contributed by atoms with Crippen molar-refractivity contribution in [2.45, 2.75) is 32.1 Å². The zero-order valence-corrected chi connectivity index (χ0v) is 10.1. The number of hydrogen-bond donors (Lipinski definition) is 0. The number of benzene rings is 1. The molecule has 1 aromatic rings. The molecule has 1 rings (SSSR count). The highest BCUT2D eigenvalue weighted by Crippen LogP contribution is 2.32. The maximum atomic E-state index is 2.27. The van der Waals surface area contributed by atoms with Gasteiger partial charge in [0.2, 0.25) is 0 Å². The molecule has 0 aromatic heterocycles. The van der Waals surface area contributed by atoms with Crippen molar-refractivity contribution in [3.8, 4) is 0 Å². The molecule has 0 radical (unpaired) electrons. The van der Waals surface area contributed by atoms with Crippen molar-refractivity contribution in [3.63, 3.8) is 0 Å². The molecular formula is C11H16S2. The monoisotopic (exact) mass is 212 g/mol. The quantitative estimate of drug-likeness (QED) is 0.534. The fourth-order valence-corrected chi connectivity index (χ4v) is 3.16. The summed E-state index contributed by atoms with van der Waals surface area (Å²) in [5.41, 5.74) is 2.77. The molecule has 0 nitrogen and oxygen atoms in total. The van der Waals surface area contributed by atoms with Gasteiger partial charge in [-0.2, -0.15) is 0 Å². The molecule has 0 saturated carbocycles. The topological polar surface area (TPSA) is 0 Å². The predicted octanol–water partition coefficient (Wildman–Crippen LogP) is 4.45. The van der Waals surface area contributed by atoms with Crippen LogP contribution in [-0.2, 0) is 0 Å². The van der Waals surface area contributed by atoms with Gasteiger partial charge < -0.3 is 0 Å². The molecule has 1 aromatic carbocycles. The summed E-state index contributed by atoms with van der Waals surface area (Å²) < 4.78 is 0. The highest BCUT2D eigenvalue weighted by molar-refractivity contribution is 8.76. The maximum absolute atomic E-state index is 2.27. The molecule has 0 aliphatic carbocycles. The molecule has 2 heteroatoms. The first-order valence-electron chi connectivity index (χ1n) is 4.60. The summed E-state index contributed by atoms with van der Waals surface area (Å²) in [6, 6.07) is 6.67. The predicted molar refractivity (Wildman–Crippen MR) is 64.5 cm³/mol. The number of hydrogen-bond acceptors (Lipinski definition) is 2. The second kappa shape index (κ2) is 5.61. The normalized spacial score (nSPS) is 10.4. The minimum absolute atomic E-state index is 1.23. The fraction of sp³-hybridized carbons (Fsp3) is 0.455. The zero-order chi connectivity index (χ0) is 9.68. The van der Waals surface area contributed by atoms with Gasteiger partial charge in [0.25, 0.3) is 0 Å². The van der Waals surface area contributed by atoms with Crippen LogP contribution in [0.15, 0.2) is 23.1 Å². The molecule has 0 fully saturated rings. The van der Waals surface area contributed by atoms with Gasteiger partial charge in [0.15, 0.2) is 0 Å². The maximum Gasteiger partial charge on any atom is 0.0185 e. The average Bonchev–Trinajstić information content (AvgIpc) is 2.12. The molecule has 0 aliphatic rings. The summed E-state index contributed by atoms with van der Waals surface area (Å²) in [4.78, 5) is 1.38. The first-order valence-corrected chi connectivity index (χ1v) is 6.92.